The van der Waals surface area contributed by atoms with E-state index in [1.807, 2.05) is 0 Å². The molecule has 0 saturated carbocycles. The van der Waals surface area contributed by atoms with Crippen molar-refractivity contribution in [2.24, 2.45) is 5.92 Å². The first-order valence-electron chi connectivity index (χ1n) is 4.18. The average Bonchev–Trinajstić information content (AvgIpc) is 2.01. The van der Waals surface area contributed by atoms with Crippen molar-refractivity contribution in [2.45, 2.75) is 32.0 Å². The maximum absolute atomic E-state index is 10.3. The Morgan fingerprint density at radius 3 is 1.71 bits per heavy atom. The van der Waals surface area contributed by atoms with E-state index in [0.717, 1.165) is 0 Å². The highest BCUT2D eigenvalue weighted by molar-refractivity contribution is 5.71. The molecule has 82 valence electrons. The van der Waals surface area contributed by atoms with Gasteiger partial charge in [-0.25, -0.2) is 0 Å². The van der Waals surface area contributed by atoms with Crippen molar-refractivity contribution in [3.8, 4) is 0 Å². The van der Waals surface area contributed by atoms with E-state index in [1.165, 1.54) is 6.92 Å². The number of aliphatic hydroxyl groups is 2. The lowest BCUT2D eigenvalue weighted by molar-refractivity contribution is -0.209. The third-order valence-corrected chi connectivity index (χ3v) is 2.02. The lowest BCUT2D eigenvalue weighted by atomic mass is 9.90. The highest BCUT2D eigenvalue weighted by Gasteiger charge is 2.35. The minimum Gasteiger partial charge on any atom is -0.481 e. The number of hydrogen-bond acceptors (Lipinski definition) is 4. The van der Waals surface area contributed by atoms with E-state index in [0.29, 0.717) is 0 Å². The van der Waals surface area contributed by atoms with E-state index >= 15 is 0 Å². The Bertz CT molecular complexity index is 206. The van der Waals surface area contributed by atoms with Crippen LogP contribution in [0.3, 0.4) is 0 Å². The zero-order valence-electron chi connectivity index (χ0n) is 7.80. The van der Waals surface area contributed by atoms with Crippen LogP contribution in [0.15, 0.2) is 0 Å². The Morgan fingerprint density at radius 1 is 1.14 bits per heavy atom. The number of carboxylic acid groups (broad SMARTS) is 2. The molecular formula is C8H14O6. The van der Waals surface area contributed by atoms with Gasteiger partial charge in [-0.1, -0.05) is 6.92 Å². The van der Waals surface area contributed by atoms with Crippen LogP contribution in [-0.4, -0.2) is 38.2 Å². The van der Waals surface area contributed by atoms with Gasteiger partial charge in [0.1, 0.15) is 0 Å². The lowest BCUT2D eigenvalue weighted by Crippen LogP contribution is -2.39. The Labute approximate surface area is 80.8 Å². The summed E-state index contributed by atoms with van der Waals surface area (Å²) in [5.41, 5.74) is 0. The van der Waals surface area contributed by atoms with E-state index in [1.54, 1.807) is 0 Å². The lowest BCUT2D eigenvalue weighted by Gasteiger charge is -2.28. The van der Waals surface area contributed by atoms with E-state index in [2.05, 4.69) is 0 Å². The maximum atomic E-state index is 10.3. The van der Waals surface area contributed by atoms with Crippen molar-refractivity contribution in [3.05, 3.63) is 0 Å². The molecule has 0 amide bonds. The molecule has 0 unspecified atom stereocenters. The van der Waals surface area contributed by atoms with Gasteiger partial charge in [0.15, 0.2) is 5.79 Å². The number of carboxylic acids is 2. The summed E-state index contributed by atoms with van der Waals surface area (Å²) in [5.74, 6) is -5.94. The molecule has 0 aliphatic rings. The van der Waals surface area contributed by atoms with Gasteiger partial charge in [0, 0.05) is 5.92 Å². The fourth-order valence-corrected chi connectivity index (χ4v) is 1.11. The molecular weight excluding hydrogens is 192 g/mol. The summed E-state index contributed by atoms with van der Waals surface area (Å²) >= 11 is 0. The Hall–Kier alpha value is -1.14. The van der Waals surface area contributed by atoms with E-state index in [9.17, 15) is 19.8 Å². The summed E-state index contributed by atoms with van der Waals surface area (Å²) in [6.45, 7) is 1.44. The van der Waals surface area contributed by atoms with E-state index in [-0.39, 0.29) is 6.42 Å². The predicted molar refractivity (Wildman–Crippen MR) is 45.5 cm³/mol. The smallest absolute Gasteiger partial charge is 0.303 e. The van der Waals surface area contributed by atoms with Gasteiger partial charge in [0.25, 0.3) is 0 Å². The summed E-state index contributed by atoms with van der Waals surface area (Å²) in [7, 11) is 0. The van der Waals surface area contributed by atoms with Crippen LogP contribution in [0.2, 0.25) is 0 Å². The van der Waals surface area contributed by atoms with Gasteiger partial charge in [0.2, 0.25) is 0 Å². The number of rotatable bonds is 6. The molecule has 4 N–H and O–H groups in total. The van der Waals surface area contributed by atoms with Gasteiger partial charge in [-0.2, -0.15) is 0 Å². The second-order valence-electron chi connectivity index (χ2n) is 3.12. The molecule has 14 heavy (non-hydrogen) atoms. The molecule has 0 aliphatic carbocycles. The number of hydrogen-bond donors (Lipinski definition) is 4. The van der Waals surface area contributed by atoms with Crippen molar-refractivity contribution in [1.82, 2.24) is 0 Å². The molecule has 0 atom stereocenters. The molecule has 0 aromatic carbocycles. The second kappa shape index (κ2) is 4.92. The number of carbonyl (C=O) groups is 2. The van der Waals surface area contributed by atoms with Crippen molar-refractivity contribution < 1.29 is 30.0 Å². The molecule has 0 fully saturated rings. The molecule has 0 saturated heterocycles. The fourth-order valence-electron chi connectivity index (χ4n) is 1.11. The van der Waals surface area contributed by atoms with E-state index in [4.69, 9.17) is 10.2 Å². The Balaban J connectivity index is 4.53. The van der Waals surface area contributed by atoms with Crippen molar-refractivity contribution in [2.75, 3.05) is 0 Å². The van der Waals surface area contributed by atoms with Gasteiger partial charge in [-0.05, 0) is 6.42 Å². The van der Waals surface area contributed by atoms with Crippen molar-refractivity contribution in [3.63, 3.8) is 0 Å². The molecule has 0 aromatic heterocycles. The molecule has 0 aromatic rings. The molecule has 6 heteroatoms. The first kappa shape index (κ1) is 12.9. The van der Waals surface area contributed by atoms with Gasteiger partial charge >= 0.3 is 11.9 Å². The topological polar surface area (TPSA) is 115 Å². The normalized spacial score (nSPS) is 11.7. The van der Waals surface area contributed by atoms with Gasteiger partial charge in [-0.3, -0.25) is 9.59 Å². The first-order chi connectivity index (χ1) is 6.29. The fraction of sp³-hybridized carbons (Fsp3) is 0.750. The molecule has 0 aliphatic heterocycles. The molecule has 0 heterocycles. The van der Waals surface area contributed by atoms with Crippen LogP contribution in [0.25, 0.3) is 0 Å². The van der Waals surface area contributed by atoms with Crippen LogP contribution in [0, 0.1) is 5.92 Å². The van der Waals surface area contributed by atoms with Crippen molar-refractivity contribution in [1.29, 1.82) is 0 Å². The Morgan fingerprint density at radius 2 is 1.50 bits per heavy atom. The van der Waals surface area contributed by atoms with Crippen LogP contribution < -0.4 is 0 Å². The third kappa shape index (κ3) is 4.20. The van der Waals surface area contributed by atoms with Crippen LogP contribution in [-0.2, 0) is 9.59 Å². The third-order valence-electron chi connectivity index (χ3n) is 2.02. The summed E-state index contributed by atoms with van der Waals surface area (Å²) < 4.78 is 0. The molecule has 6 nitrogen and oxygen atoms in total. The summed E-state index contributed by atoms with van der Waals surface area (Å²) in [4.78, 5) is 20.7. The van der Waals surface area contributed by atoms with Gasteiger partial charge in [0.05, 0.1) is 12.8 Å². The van der Waals surface area contributed by atoms with Gasteiger partial charge in [-0.15, -0.1) is 0 Å². The Kier molecular flexibility index (Phi) is 4.52. The molecule has 0 spiro atoms. The quantitative estimate of drug-likeness (QED) is 0.441. The zero-order valence-corrected chi connectivity index (χ0v) is 7.80. The SMILES string of the molecule is CCC(O)(O)C(CC(=O)O)CC(=O)O. The summed E-state index contributed by atoms with van der Waals surface area (Å²) in [6.07, 6.45) is -1.27. The highest BCUT2D eigenvalue weighted by Crippen LogP contribution is 2.25. The minimum absolute atomic E-state index is 0.113. The standard InChI is InChI=1S/C8H14O6/c1-2-8(13,14)5(3-6(9)10)4-7(11)12/h5,13-14H,2-4H2,1H3,(H,9,10)(H,11,12). The highest BCUT2D eigenvalue weighted by atomic mass is 16.5. The summed E-state index contributed by atoms with van der Waals surface area (Å²) in [6, 6.07) is 0. The van der Waals surface area contributed by atoms with Gasteiger partial charge < -0.3 is 20.4 Å². The average molecular weight is 206 g/mol. The zero-order chi connectivity index (χ0) is 11.4. The maximum Gasteiger partial charge on any atom is 0.303 e. The van der Waals surface area contributed by atoms with Crippen LogP contribution in [0.4, 0.5) is 0 Å². The van der Waals surface area contributed by atoms with Crippen LogP contribution in [0.5, 0.6) is 0 Å². The minimum atomic E-state index is -2.24. The van der Waals surface area contributed by atoms with Crippen molar-refractivity contribution >= 4 is 11.9 Å². The largest absolute Gasteiger partial charge is 0.481 e. The number of aliphatic carboxylic acids is 2. The van der Waals surface area contributed by atoms with Crippen LogP contribution >= 0.6 is 0 Å². The molecule has 0 rings (SSSR count). The first-order valence-corrected chi connectivity index (χ1v) is 4.18. The van der Waals surface area contributed by atoms with E-state index < -0.39 is 36.5 Å². The second-order valence-corrected chi connectivity index (χ2v) is 3.12. The summed E-state index contributed by atoms with van der Waals surface area (Å²) in [5, 5.41) is 35.5. The molecule has 0 radical (unpaired) electrons. The molecule has 0 bridgehead atoms. The van der Waals surface area contributed by atoms with Crippen LogP contribution in [0.1, 0.15) is 26.2 Å². The monoisotopic (exact) mass is 206 g/mol. The predicted octanol–water partition coefficient (Wildman–Crippen LogP) is -0.357.